The van der Waals surface area contributed by atoms with Crippen LogP contribution in [0.3, 0.4) is 0 Å². The van der Waals surface area contributed by atoms with E-state index in [0.717, 1.165) is 18.7 Å². The van der Waals surface area contributed by atoms with Crippen molar-refractivity contribution in [2.24, 2.45) is 0 Å². The summed E-state index contributed by atoms with van der Waals surface area (Å²) in [6.45, 7) is 7.58. The highest BCUT2D eigenvalue weighted by atomic mass is 35.5. The highest BCUT2D eigenvalue weighted by Gasteiger charge is 2.39. The van der Waals surface area contributed by atoms with Crippen LogP contribution in [0.15, 0.2) is 24.4 Å². The predicted octanol–water partition coefficient (Wildman–Crippen LogP) is 4.25. The van der Waals surface area contributed by atoms with Gasteiger partial charge in [0.25, 0.3) is 5.91 Å². The number of morpholine rings is 1. The normalized spacial score (nSPS) is 22.4. The number of halogens is 2. The van der Waals surface area contributed by atoms with Gasteiger partial charge in [-0.05, 0) is 31.5 Å². The van der Waals surface area contributed by atoms with Crippen LogP contribution < -0.4 is 10.3 Å². The van der Waals surface area contributed by atoms with E-state index < -0.39 is 5.82 Å². The minimum atomic E-state index is -0.417. The molecule has 9 heteroatoms. The Balaban J connectivity index is 1.63. The molecule has 0 bridgehead atoms. The molecule has 5 rings (SSSR count). The molecule has 3 aliphatic rings. The van der Waals surface area contributed by atoms with Crippen molar-refractivity contribution in [2.45, 2.75) is 26.4 Å². The van der Waals surface area contributed by atoms with Crippen LogP contribution in [0.5, 0.6) is 0 Å². The third-order valence-electron chi connectivity index (χ3n) is 6.06. The Bertz CT molecular complexity index is 1120. The number of anilines is 2. The Hall–Kier alpha value is -2.68. The molecular weight excluding hydrogens is 435 g/mol. The first-order valence-corrected chi connectivity index (χ1v) is 11.2. The van der Waals surface area contributed by atoms with Gasteiger partial charge in [0.1, 0.15) is 17.7 Å². The van der Waals surface area contributed by atoms with E-state index in [0.29, 0.717) is 65.2 Å². The monoisotopic (exact) mass is 458 g/mol. The highest BCUT2D eigenvalue weighted by molar-refractivity contribution is 6.37. The molecule has 1 aromatic carbocycles. The third-order valence-corrected chi connectivity index (χ3v) is 6.44. The summed E-state index contributed by atoms with van der Waals surface area (Å²) in [5, 5.41) is 7.55. The number of ether oxygens (including phenoxy) is 2. The third kappa shape index (κ3) is 3.34. The molecule has 32 heavy (non-hydrogen) atoms. The molecule has 1 amide bonds. The Morgan fingerprint density at radius 1 is 1.28 bits per heavy atom. The van der Waals surface area contributed by atoms with Gasteiger partial charge in [-0.1, -0.05) is 18.5 Å². The molecule has 1 unspecified atom stereocenters. The van der Waals surface area contributed by atoms with Crippen LogP contribution in [0.4, 0.5) is 15.9 Å². The van der Waals surface area contributed by atoms with Crippen molar-refractivity contribution in [3.63, 3.8) is 0 Å². The molecule has 4 heterocycles. The second-order valence-electron chi connectivity index (χ2n) is 7.87. The Kier molecular flexibility index (Phi) is 5.53. The molecule has 0 radical (unpaired) electrons. The lowest BCUT2D eigenvalue weighted by Gasteiger charge is -2.38. The number of fused-ring (bicyclic) bond motifs is 2. The zero-order valence-electron chi connectivity index (χ0n) is 18.0. The maximum Gasteiger partial charge on any atom is 0.260 e. The fraction of sp³-hybridized carbons (Fsp3) is 0.391. The number of hydrogen-bond acceptors (Lipinski definition) is 6. The molecule has 0 saturated carbocycles. The number of rotatable bonds is 4. The molecule has 2 aromatic rings. The molecule has 1 N–H and O–H groups in total. The summed E-state index contributed by atoms with van der Waals surface area (Å²) in [5.74, 6) is 0.306. The number of amides is 1. The van der Waals surface area contributed by atoms with E-state index in [4.69, 9.17) is 21.1 Å². The Morgan fingerprint density at radius 2 is 2.06 bits per heavy atom. The average molecular weight is 459 g/mol. The van der Waals surface area contributed by atoms with E-state index in [9.17, 15) is 9.18 Å². The number of pyridine rings is 1. The van der Waals surface area contributed by atoms with Crippen LogP contribution in [-0.2, 0) is 14.3 Å². The zero-order chi connectivity index (χ0) is 22.4. The van der Waals surface area contributed by atoms with Crippen LogP contribution in [0.2, 0.25) is 5.02 Å². The molecule has 3 aliphatic heterocycles. The quantitative estimate of drug-likeness (QED) is 0.691. The number of nitrogens with one attached hydrogen (secondary N) is 1. The van der Waals surface area contributed by atoms with E-state index in [2.05, 4.69) is 27.2 Å². The summed E-state index contributed by atoms with van der Waals surface area (Å²) in [7, 11) is 0. The van der Waals surface area contributed by atoms with Gasteiger partial charge in [0.05, 0.1) is 23.8 Å². The fourth-order valence-electron chi connectivity index (χ4n) is 4.56. The van der Waals surface area contributed by atoms with Crippen molar-refractivity contribution < 1.29 is 18.7 Å². The van der Waals surface area contributed by atoms with Crippen LogP contribution in [-0.4, -0.2) is 48.7 Å². The van der Waals surface area contributed by atoms with Crippen molar-refractivity contribution in [2.75, 3.05) is 43.2 Å². The SMILES string of the molecule is CCC1OC(=C2C(=O)Nc3ccc(F)cc32)c2cnc(N(CC)N3CCOCC3)c(Cl)c21. The largest absolute Gasteiger partial charge is 0.484 e. The summed E-state index contributed by atoms with van der Waals surface area (Å²) in [4.78, 5) is 17.5. The van der Waals surface area contributed by atoms with E-state index in [-0.39, 0.29) is 12.0 Å². The predicted molar refractivity (Wildman–Crippen MR) is 121 cm³/mol. The fourth-order valence-corrected chi connectivity index (χ4v) is 4.93. The molecule has 168 valence electrons. The molecule has 1 aromatic heterocycles. The number of benzene rings is 1. The van der Waals surface area contributed by atoms with Gasteiger partial charge in [0, 0.05) is 48.2 Å². The first-order valence-electron chi connectivity index (χ1n) is 10.8. The van der Waals surface area contributed by atoms with Gasteiger partial charge in [-0.2, -0.15) is 0 Å². The second-order valence-corrected chi connectivity index (χ2v) is 8.25. The summed E-state index contributed by atoms with van der Waals surface area (Å²) >= 11 is 6.93. The van der Waals surface area contributed by atoms with Gasteiger partial charge in [-0.15, -0.1) is 0 Å². The molecular formula is C23H24ClFN4O3. The second kappa shape index (κ2) is 8.35. The van der Waals surface area contributed by atoms with Crippen molar-refractivity contribution in [3.8, 4) is 0 Å². The van der Waals surface area contributed by atoms with Gasteiger partial charge in [0.2, 0.25) is 0 Å². The Morgan fingerprint density at radius 3 is 2.78 bits per heavy atom. The van der Waals surface area contributed by atoms with Crippen molar-refractivity contribution in [3.05, 3.63) is 51.9 Å². The van der Waals surface area contributed by atoms with Gasteiger partial charge in [-0.3, -0.25) is 9.80 Å². The summed E-state index contributed by atoms with van der Waals surface area (Å²) in [6.07, 6.45) is 2.05. The number of nitrogens with zero attached hydrogens (tertiary/aromatic N) is 3. The lowest BCUT2D eigenvalue weighted by molar-refractivity contribution is -0.110. The smallest absolute Gasteiger partial charge is 0.260 e. The number of carbonyl (C=O) groups is 1. The summed E-state index contributed by atoms with van der Waals surface area (Å²) < 4.78 is 25.7. The summed E-state index contributed by atoms with van der Waals surface area (Å²) in [5.41, 5.74) is 2.83. The van der Waals surface area contributed by atoms with E-state index >= 15 is 0 Å². The minimum absolute atomic E-state index is 0.308. The molecule has 1 saturated heterocycles. The molecule has 0 aliphatic carbocycles. The topological polar surface area (TPSA) is 66.9 Å². The lowest BCUT2D eigenvalue weighted by atomic mass is 9.99. The Labute approximate surface area is 190 Å². The standard InChI is InChI=1S/C23H24ClFN4O3/c1-3-17-18-15(12-26-22(20(18)24)29(4-2)28-7-9-31-10-8-28)21(32-17)19-14-11-13(25)5-6-16(14)27-23(19)30/h5-6,11-12,17H,3-4,7-10H2,1-2H3,(H,27,30). The molecule has 7 nitrogen and oxygen atoms in total. The molecule has 1 atom stereocenters. The zero-order valence-corrected chi connectivity index (χ0v) is 18.7. The first-order chi connectivity index (χ1) is 15.5. The van der Waals surface area contributed by atoms with Crippen LogP contribution in [0.25, 0.3) is 11.3 Å². The summed E-state index contributed by atoms with van der Waals surface area (Å²) in [6, 6.07) is 4.22. The number of carbonyl (C=O) groups excluding carboxylic acids is 1. The van der Waals surface area contributed by atoms with Crippen molar-refractivity contribution in [1.82, 2.24) is 9.99 Å². The van der Waals surface area contributed by atoms with Crippen molar-refractivity contribution >= 4 is 40.3 Å². The maximum atomic E-state index is 14.0. The highest BCUT2D eigenvalue weighted by Crippen LogP contribution is 2.50. The number of hydrazine groups is 1. The van der Waals surface area contributed by atoms with Crippen LogP contribution in [0.1, 0.15) is 43.1 Å². The first kappa shape index (κ1) is 21.2. The van der Waals surface area contributed by atoms with Crippen LogP contribution >= 0.6 is 11.6 Å². The molecule has 0 spiro atoms. The maximum absolute atomic E-state index is 14.0. The lowest BCUT2D eigenvalue weighted by Crippen LogP contribution is -2.49. The van der Waals surface area contributed by atoms with Crippen molar-refractivity contribution in [1.29, 1.82) is 0 Å². The van der Waals surface area contributed by atoms with Gasteiger partial charge >= 0.3 is 0 Å². The van der Waals surface area contributed by atoms with Gasteiger partial charge < -0.3 is 14.8 Å². The molecule has 1 fully saturated rings. The number of hydrogen-bond donors (Lipinski definition) is 1. The average Bonchev–Trinajstić information content (AvgIpc) is 3.33. The van der Waals surface area contributed by atoms with Crippen LogP contribution in [0, 0.1) is 5.82 Å². The van der Waals surface area contributed by atoms with E-state index in [1.165, 1.54) is 12.1 Å². The number of aromatic nitrogens is 1. The van der Waals surface area contributed by atoms with Gasteiger partial charge in [-0.25, -0.2) is 14.4 Å². The minimum Gasteiger partial charge on any atom is -0.484 e. The van der Waals surface area contributed by atoms with E-state index in [1.54, 1.807) is 12.3 Å². The van der Waals surface area contributed by atoms with E-state index in [1.807, 2.05) is 6.92 Å². The van der Waals surface area contributed by atoms with Gasteiger partial charge in [0.15, 0.2) is 5.82 Å².